The number of para-hydroxylation sites is 1. The average molecular weight is 420 g/mol. The van der Waals surface area contributed by atoms with Crippen molar-refractivity contribution in [3.8, 4) is 16.4 Å². The molecule has 2 aromatic heterocycles. The second-order valence-electron chi connectivity index (χ2n) is 7.53. The Hall–Kier alpha value is -3.23. The van der Waals surface area contributed by atoms with E-state index >= 15 is 0 Å². The number of fused-ring (bicyclic) bond motifs is 1. The van der Waals surface area contributed by atoms with Gasteiger partial charge in [0, 0.05) is 5.56 Å². The van der Waals surface area contributed by atoms with E-state index in [4.69, 9.17) is 0 Å². The molecule has 5 rings (SSSR count). The summed E-state index contributed by atoms with van der Waals surface area (Å²) in [5, 5.41) is 10.6. The molecule has 0 spiro atoms. The van der Waals surface area contributed by atoms with Gasteiger partial charge in [-0.2, -0.15) is 9.78 Å². The average Bonchev–Trinajstić information content (AvgIpc) is 3.35. The van der Waals surface area contributed by atoms with Crippen LogP contribution in [0.3, 0.4) is 0 Å². The third kappa shape index (κ3) is 3.55. The summed E-state index contributed by atoms with van der Waals surface area (Å²) in [4.78, 5) is 19.5. The highest BCUT2D eigenvalue weighted by Crippen LogP contribution is 2.25. The molecule has 1 saturated heterocycles. The topological polar surface area (TPSA) is 70.7 Å². The maximum Gasteiger partial charge on any atom is 0.282 e. The quantitative estimate of drug-likeness (QED) is 0.494. The molecule has 0 unspecified atom stereocenters. The first kappa shape index (κ1) is 18.8. The lowest BCUT2D eigenvalue weighted by Crippen LogP contribution is -3.11. The number of hydrogen-bond acceptors (Lipinski definition) is 5. The molecule has 0 amide bonds. The molecule has 0 aliphatic carbocycles. The van der Waals surface area contributed by atoms with Crippen molar-refractivity contribution in [1.29, 1.82) is 0 Å². The third-order valence-corrected chi connectivity index (χ3v) is 6.43. The Morgan fingerprint density at radius 2 is 1.83 bits per heavy atom. The fourth-order valence-corrected chi connectivity index (χ4v) is 4.54. The zero-order chi connectivity index (χ0) is 20.5. The first-order valence-corrected chi connectivity index (χ1v) is 10.9. The van der Waals surface area contributed by atoms with E-state index in [9.17, 15) is 4.79 Å². The summed E-state index contributed by atoms with van der Waals surface area (Å²) in [7, 11) is 2.19. The first-order valence-electron chi connectivity index (χ1n) is 10.1. The summed E-state index contributed by atoms with van der Waals surface area (Å²) in [6.45, 7) is 3.87. The van der Waals surface area contributed by atoms with E-state index in [0.29, 0.717) is 10.7 Å². The lowest BCUT2D eigenvalue weighted by molar-refractivity contribution is -0.884. The largest absolute Gasteiger partial charge is 0.334 e. The van der Waals surface area contributed by atoms with Gasteiger partial charge in [-0.3, -0.25) is 14.9 Å². The van der Waals surface area contributed by atoms with Gasteiger partial charge in [-0.25, -0.2) is 4.98 Å². The molecule has 2 N–H and O–H groups in total. The Kier molecular flexibility index (Phi) is 4.94. The molecule has 152 valence electrons. The van der Waals surface area contributed by atoms with Crippen LogP contribution in [0.15, 0.2) is 64.5 Å². The third-order valence-electron chi connectivity index (χ3n) is 5.41. The number of H-pyrrole nitrogens is 1. The van der Waals surface area contributed by atoms with Crippen molar-refractivity contribution < 1.29 is 4.90 Å². The van der Waals surface area contributed by atoms with E-state index in [2.05, 4.69) is 22.2 Å². The number of hydrazone groups is 1. The van der Waals surface area contributed by atoms with Crippen LogP contribution < -0.4 is 10.5 Å². The fourth-order valence-electron chi connectivity index (χ4n) is 3.62. The van der Waals surface area contributed by atoms with Crippen LogP contribution in [0.5, 0.6) is 0 Å². The van der Waals surface area contributed by atoms with Gasteiger partial charge in [0.2, 0.25) is 5.13 Å². The second kappa shape index (κ2) is 7.89. The highest BCUT2D eigenvalue weighted by molar-refractivity contribution is 7.20. The Bertz CT molecular complexity index is 1210. The summed E-state index contributed by atoms with van der Waals surface area (Å²) >= 11 is 1.49. The number of aromatic amines is 1. The van der Waals surface area contributed by atoms with Crippen molar-refractivity contribution >= 4 is 27.8 Å². The standard InChI is InChI=1S/C22H22N6OS/c1-26-11-13-27(14-12-26)23-15-17-20(16-7-3-2-4-8-16)25-28(21(17)29)22-24-18-9-5-6-10-19(18)30-22/h2-10,15,25H,11-14H2,1H3/p+1/b23-15+. The molecular weight excluding hydrogens is 396 g/mol. The van der Waals surface area contributed by atoms with Gasteiger partial charge in [0.05, 0.1) is 60.9 Å². The second-order valence-corrected chi connectivity index (χ2v) is 8.54. The van der Waals surface area contributed by atoms with Crippen molar-refractivity contribution in [2.24, 2.45) is 5.10 Å². The fraction of sp³-hybridized carbons (Fsp3) is 0.227. The van der Waals surface area contributed by atoms with E-state index in [-0.39, 0.29) is 5.56 Å². The molecule has 1 aliphatic heterocycles. The van der Waals surface area contributed by atoms with E-state index < -0.39 is 0 Å². The predicted octanol–water partition coefficient (Wildman–Crippen LogP) is 1.61. The van der Waals surface area contributed by atoms with Crippen LogP contribution >= 0.6 is 11.3 Å². The summed E-state index contributed by atoms with van der Waals surface area (Å²) in [5.41, 5.74) is 2.99. The van der Waals surface area contributed by atoms with Crippen molar-refractivity contribution in [3.05, 3.63) is 70.5 Å². The van der Waals surface area contributed by atoms with Gasteiger partial charge in [0.25, 0.3) is 5.56 Å². The molecule has 0 bridgehead atoms. The number of hydrogen-bond donors (Lipinski definition) is 2. The molecule has 2 aromatic carbocycles. The van der Waals surface area contributed by atoms with Crippen molar-refractivity contribution in [1.82, 2.24) is 19.8 Å². The molecule has 4 aromatic rings. The van der Waals surface area contributed by atoms with Gasteiger partial charge in [0.15, 0.2) is 0 Å². The van der Waals surface area contributed by atoms with Gasteiger partial charge >= 0.3 is 0 Å². The number of nitrogens with one attached hydrogen (secondary N) is 2. The van der Waals surface area contributed by atoms with Crippen molar-refractivity contribution in [3.63, 3.8) is 0 Å². The van der Waals surface area contributed by atoms with Gasteiger partial charge < -0.3 is 4.90 Å². The van der Waals surface area contributed by atoms with Gasteiger partial charge in [0.1, 0.15) is 0 Å². The summed E-state index contributed by atoms with van der Waals surface area (Å²) in [6, 6.07) is 17.8. The molecule has 7 nitrogen and oxygen atoms in total. The number of quaternary nitrogens is 1. The maximum atomic E-state index is 13.3. The summed E-state index contributed by atoms with van der Waals surface area (Å²) in [6.07, 6.45) is 1.70. The number of likely N-dealkylation sites (N-methyl/N-ethyl adjacent to an activating group) is 1. The SMILES string of the molecule is C[NH+]1CCN(/N=C/c2c(-c3ccccc3)[nH]n(-c3nc4ccccc4s3)c2=O)CC1. The molecule has 0 radical (unpaired) electrons. The van der Waals surface area contributed by atoms with E-state index in [1.54, 1.807) is 6.21 Å². The number of thiazole rings is 1. The summed E-state index contributed by atoms with van der Waals surface area (Å²) < 4.78 is 2.58. The zero-order valence-electron chi connectivity index (χ0n) is 16.7. The van der Waals surface area contributed by atoms with E-state index in [1.165, 1.54) is 20.9 Å². The zero-order valence-corrected chi connectivity index (χ0v) is 17.5. The highest BCUT2D eigenvalue weighted by atomic mass is 32.1. The number of benzene rings is 2. The van der Waals surface area contributed by atoms with Crippen molar-refractivity contribution in [2.45, 2.75) is 0 Å². The van der Waals surface area contributed by atoms with Crippen LogP contribution in [0.1, 0.15) is 5.56 Å². The van der Waals surface area contributed by atoms with Gasteiger partial charge in [-0.15, -0.1) is 0 Å². The first-order chi connectivity index (χ1) is 14.7. The predicted molar refractivity (Wildman–Crippen MR) is 121 cm³/mol. The molecule has 0 saturated carbocycles. The van der Waals surface area contributed by atoms with E-state index in [0.717, 1.165) is 47.7 Å². The minimum Gasteiger partial charge on any atom is -0.334 e. The molecule has 1 aliphatic rings. The minimum atomic E-state index is -0.142. The highest BCUT2D eigenvalue weighted by Gasteiger charge is 2.19. The van der Waals surface area contributed by atoms with Crippen LogP contribution in [-0.4, -0.2) is 59.2 Å². The Labute approximate surface area is 177 Å². The smallest absolute Gasteiger partial charge is 0.282 e. The molecule has 30 heavy (non-hydrogen) atoms. The summed E-state index contributed by atoms with van der Waals surface area (Å²) in [5.74, 6) is 0. The molecule has 0 atom stereocenters. The van der Waals surface area contributed by atoms with Crippen LogP contribution in [0.4, 0.5) is 0 Å². The normalized spacial score (nSPS) is 15.4. The van der Waals surface area contributed by atoms with Crippen molar-refractivity contribution in [2.75, 3.05) is 33.2 Å². The number of rotatable bonds is 4. The Balaban J connectivity index is 1.58. The van der Waals surface area contributed by atoms with Crippen LogP contribution in [-0.2, 0) is 0 Å². The van der Waals surface area contributed by atoms with Gasteiger partial charge in [-0.05, 0) is 12.1 Å². The van der Waals surface area contributed by atoms with E-state index in [1.807, 2.05) is 59.6 Å². The maximum absolute atomic E-state index is 13.3. The Morgan fingerprint density at radius 1 is 1.10 bits per heavy atom. The number of nitrogens with zero attached hydrogens (tertiary/aromatic N) is 4. The minimum absolute atomic E-state index is 0.142. The molecule has 3 heterocycles. The number of piperazine rings is 1. The van der Waals surface area contributed by atoms with Crippen LogP contribution in [0.2, 0.25) is 0 Å². The Morgan fingerprint density at radius 3 is 2.60 bits per heavy atom. The lowest BCUT2D eigenvalue weighted by Gasteiger charge is -2.27. The van der Waals surface area contributed by atoms with Crippen LogP contribution in [0.25, 0.3) is 26.6 Å². The molecule has 8 heteroatoms. The molecule has 1 fully saturated rings. The van der Waals surface area contributed by atoms with Crippen LogP contribution in [0, 0.1) is 0 Å². The monoisotopic (exact) mass is 419 g/mol. The lowest BCUT2D eigenvalue weighted by atomic mass is 10.1. The number of aromatic nitrogens is 3. The van der Waals surface area contributed by atoms with Gasteiger partial charge in [-0.1, -0.05) is 53.8 Å². The molecular formula is C22H23N6OS+.